The zero-order valence-electron chi connectivity index (χ0n) is 11.8. The molecule has 1 heterocycles. The largest absolute Gasteiger partial charge is 0.480 e. The van der Waals surface area contributed by atoms with Crippen LogP contribution in [0, 0.1) is 6.92 Å². The molecule has 6 nitrogen and oxygen atoms in total. The van der Waals surface area contributed by atoms with Crippen LogP contribution in [0.15, 0.2) is 6.20 Å². The van der Waals surface area contributed by atoms with Gasteiger partial charge in [-0.1, -0.05) is 6.92 Å². The normalized spacial score (nSPS) is 14.1. The van der Waals surface area contributed by atoms with Gasteiger partial charge in [-0.05, 0) is 26.2 Å². The number of amides is 1. The van der Waals surface area contributed by atoms with Gasteiger partial charge in [0, 0.05) is 18.7 Å². The van der Waals surface area contributed by atoms with Crippen molar-refractivity contribution in [2.75, 3.05) is 13.1 Å². The number of aliphatic carboxylic acids is 1. The Hall–Kier alpha value is -1.98. The molecule has 1 fully saturated rings. The second-order valence-corrected chi connectivity index (χ2v) is 5.11. The number of carboxylic acids is 1. The Morgan fingerprint density at radius 3 is 2.70 bits per heavy atom. The van der Waals surface area contributed by atoms with Crippen LogP contribution in [0.5, 0.6) is 0 Å². The summed E-state index contributed by atoms with van der Waals surface area (Å²) in [5.74, 6) is -0.323. The Kier molecular flexibility index (Phi) is 4.32. The van der Waals surface area contributed by atoms with Gasteiger partial charge in [-0.25, -0.2) is 9.97 Å². The van der Waals surface area contributed by atoms with Gasteiger partial charge in [-0.3, -0.25) is 9.59 Å². The first-order chi connectivity index (χ1) is 9.52. The van der Waals surface area contributed by atoms with E-state index in [2.05, 4.69) is 9.97 Å². The SMILES string of the molecule is CCCN(CC(=O)O)C(=O)c1cnc(C)nc1C1CC1. The highest BCUT2D eigenvalue weighted by molar-refractivity contribution is 5.96. The Labute approximate surface area is 117 Å². The van der Waals surface area contributed by atoms with Gasteiger partial charge in [0.2, 0.25) is 0 Å². The summed E-state index contributed by atoms with van der Waals surface area (Å²) in [6, 6.07) is 0. The van der Waals surface area contributed by atoms with E-state index >= 15 is 0 Å². The van der Waals surface area contributed by atoms with Crippen molar-refractivity contribution in [1.29, 1.82) is 0 Å². The molecule has 108 valence electrons. The molecule has 2 rings (SSSR count). The number of rotatable bonds is 6. The van der Waals surface area contributed by atoms with E-state index in [1.165, 1.54) is 11.1 Å². The highest BCUT2D eigenvalue weighted by atomic mass is 16.4. The summed E-state index contributed by atoms with van der Waals surface area (Å²) in [4.78, 5) is 33.2. The molecule has 1 aliphatic carbocycles. The maximum atomic E-state index is 12.5. The smallest absolute Gasteiger partial charge is 0.323 e. The first kappa shape index (κ1) is 14.4. The number of aryl methyl sites for hydroxylation is 1. The van der Waals surface area contributed by atoms with E-state index in [1.807, 2.05) is 6.92 Å². The Balaban J connectivity index is 2.28. The third-order valence-electron chi connectivity index (χ3n) is 3.24. The molecule has 20 heavy (non-hydrogen) atoms. The Bertz CT molecular complexity index is 526. The van der Waals surface area contributed by atoms with Crippen LogP contribution in [0.25, 0.3) is 0 Å². The number of carbonyl (C=O) groups excluding carboxylic acids is 1. The number of carboxylic acid groups (broad SMARTS) is 1. The van der Waals surface area contributed by atoms with E-state index in [0.717, 1.165) is 18.5 Å². The molecular formula is C14H19N3O3. The van der Waals surface area contributed by atoms with Crippen molar-refractivity contribution in [2.45, 2.75) is 39.0 Å². The molecule has 0 unspecified atom stereocenters. The average molecular weight is 277 g/mol. The van der Waals surface area contributed by atoms with Crippen LogP contribution in [0.2, 0.25) is 0 Å². The number of carbonyl (C=O) groups is 2. The molecule has 0 saturated heterocycles. The minimum absolute atomic E-state index is 0.281. The van der Waals surface area contributed by atoms with Crippen molar-refractivity contribution in [3.05, 3.63) is 23.3 Å². The van der Waals surface area contributed by atoms with Crippen LogP contribution >= 0.6 is 0 Å². The second-order valence-electron chi connectivity index (χ2n) is 5.11. The van der Waals surface area contributed by atoms with E-state index in [4.69, 9.17) is 5.11 Å². The standard InChI is InChI=1S/C14H19N3O3/c1-3-6-17(8-12(18)19)14(20)11-7-15-9(2)16-13(11)10-4-5-10/h7,10H,3-6,8H2,1-2H3,(H,18,19). The van der Waals surface area contributed by atoms with Crippen molar-refractivity contribution < 1.29 is 14.7 Å². The van der Waals surface area contributed by atoms with E-state index < -0.39 is 5.97 Å². The lowest BCUT2D eigenvalue weighted by molar-refractivity contribution is -0.137. The Morgan fingerprint density at radius 2 is 2.15 bits per heavy atom. The van der Waals surface area contributed by atoms with Crippen molar-refractivity contribution in [3.63, 3.8) is 0 Å². The van der Waals surface area contributed by atoms with Gasteiger partial charge in [-0.15, -0.1) is 0 Å². The van der Waals surface area contributed by atoms with Crippen LogP contribution in [0.4, 0.5) is 0 Å². The molecule has 0 aromatic carbocycles. The van der Waals surface area contributed by atoms with Crippen LogP contribution in [-0.2, 0) is 4.79 Å². The van der Waals surface area contributed by atoms with Gasteiger partial charge >= 0.3 is 5.97 Å². The maximum absolute atomic E-state index is 12.5. The van der Waals surface area contributed by atoms with E-state index in [0.29, 0.717) is 30.3 Å². The van der Waals surface area contributed by atoms with Gasteiger partial charge < -0.3 is 10.0 Å². The van der Waals surface area contributed by atoms with Crippen molar-refractivity contribution in [1.82, 2.24) is 14.9 Å². The fraction of sp³-hybridized carbons (Fsp3) is 0.571. The lowest BCUT2D eigenvalue weighted by Crippen LogP contribution is -2.37. The van der Waals surface area contributed by atoms with E-state index in [9.17, 15) is 9.59 Å². The summed E-state index contributed by atoms with van der Waals surface area (Å²) < 4.78 is 0. The topological polar surface area (TPSA) is 83.4 Å². The Morgan fingerprint density at radius 1 is 1.45 bits per heavy atom. The molecule has 1 aromatic rings. The van der Waals surface area contributed by atoms with E-state index in [1.54, 1.807) is 6.92 Å². The zero-order chi connectivity index (χ0) is 14.7. The molecule has 1 aliphatic rings. The van der Waals surface area contributed by atoms with Gasteiger partial charge in [0.1, 0.15) is 12.4 Å². The molecule has 0 atom stereocenters. The highest BCUT2D eigenvalue weighted by Crippen LogP contribution is 2.40. The van der Waals surface area contributed by atoms with E-state index in [-0.39, 0.29) is 12.5 Å². The third-order valence-corrected chi connectivity index (χ3v) is 3.24. The molecule has 0 aliphatic heterocycles. The van der Waals surface area contributed by atoms with Crippen molar-refractivity contribution >= 4 is 11.9 Å². The summed E-state index contributed by atoms with van der Waals surface area (Å²) in [6.45, 7) is 3.84. The van der Waals surface area contributed by atoms with Crippen molar-refractivity contribution in [2.24, 2.45) is 0 Å². The molecule has 0 radical (unpaired) electrons. The van der Waals surface area contributed by atoms with Crippen LogP contribution in [-0.4, -0.2) is 44.9 Å². The summed E-state index contributed by atoms with van der Waals surface area (Å²) >= 11 is 0. The molecule has 1 aromatic heterocycles. The average Bonchev–Trinajstić information content (AvgIpc) is 3.21. The summed E-state index contributed by atoms with van der Waals surface area (Å²) in [5.41, 5.74) is 1.22. The molecule has 1 amide bonds. The summed E-state index contributed by atoms with van der Waals surface area (Å²) in [7, 11) is 0. The predicted molar refractivity (Wildman–Crippen MR) is 72.6 cm³/mol. The van der Waals surface area contributed by atoms with Gasteiger partial charge in [0.05, 0.1) is 11.3 Å². The lowest BCUT2D eigenvalue weighted by Gasteiger charge is -2.21. The minimum atomic E-state index is -1.01. The number of aromatic nitrogens is 2. The quantitative estimate of drug-likeness (QED) is 0.853. The summed E-state index contributed by atoms with van der Waals surface area (Å²) in [6.07, 6.45) is 4.31. The summed E-state index contributed by atoms with van der Waals surface area (Å²) in [5, 5.41) is 8.92. The van der Waals surface area contributed by atoms with Crippen LogP contribution in [0.1, 0.15) is 54.0 Å². The zero-order valence-corrected chi connectivity index (χ0v) is 11.8. The molecule has 0 bridgehead atoms. The first-order valence-corrected chi connectivity index (χ1v) is 6.87. The number of nitrogens with zero attached hydrogens (tertiary/aromatic N) is 3. The van der Waals surface area contributed by atoms with Gasteiger partial charge in [0.15, 0.2) is 0 Å². The first-order valence-electron chi connectivity index (χ1n) is 6.87. The minimum Gasteiger partial charge on any atom is -0.480 e. The molecule has 1 N–H and O–H groups in total. The monoisotopic (exact) mass is 277 g/mol. The fourth-order valence-electron chi connectivity index (χ4n) is 2.18. The van der Waals surface area contributed by atoms with Crippen LogP contribution < -0.4 is 0 Å². The fourth-order valence-corrected chi connectivity index (χ4v) is 2.18. The third kappa shape index (κ3) is 3.31. The number of hydrogen-bond acceptors (Lipinski definition) is 4. The molecule has 1 saturated carbocycles. The number of hydrogen-bond donors (Lipinski definition) is 1. The highest BCUT2D eigenvalue weighted by Gasteiger charge is 2.31. The van der Waals surface area contributed by atoms with Crippen molar-refractivity contribution in [3.8, 4) is 0 Å². The van der Waals surface area contributed by atoms with Gasteiger partial charge in [0.25, 0.3) is 5.91 Å². The predicted octanol–water partition coefficient (Wildman–Crippen LogP) is 1.60. The molecular weight excluding hydrogens is 258 g/mol. The molecule has 0 spiro atoms. The lowest BCUT2D eigenvalue weighted by atomic mass is 10.1. The molecule has 6 heteroatoms. The van der Waals surface area contributed by atoms with Gasteiger partial charge in [-0.2, -0.15) is 0 Å². The van der Waals surface area contributed by atoms with Crippen LogP contribution in [0.3, 0.4) is 0 Å². The second kappa shape index (κ2) is 5.98. The maximum Gasteiger partial charge on any atom is 0.323 e.